The summed E-state index contributed by atoms with van der Waals surface area (Å²) in [4.78, 5) is 24.1. The molecule has 0 radical (unpaired) electrons. The van der Waals surface area contributed by atoms with Crippen molar-refractivity contribution in [3.8, 4) is 11.8 Å². The van der Waals surface area contributed by atoms with Crippen molar-refractivity contribution >= 4 is 23.6 Å². The Kier molecular flexibility index (Phi) is 6.73. The van der Waals surface area contributed by atoms with Crippen LogP contribution in [0, 0.1) is 25.2 Å². The summed E-state index contributed by atoms with van der Waals surface area (Å²) in [6, 6.07) is 14.4. The quantitative estimate of drug-likeness (QED) is 0.482. The number of nitrogens with zero attached hydrogens (tertiary/aromatic N) is 1. The lowest BCUT2D eigenvalue weighted by Crippen LogP contribution is -2.21. The van der Waals surface area contributed by atoms with E-state index in [9.17, 15) is 14.9 Å². The summed E-state index contributed by atoms with van der Waals surface area (Å²) in [6.07, 6.45) is 1.42. The van der Waals surface area contributed by atoms with Crippen molar-refractivity contribution in [2.75, 3.05) is 19.0 Å². The Bertz CT molecular complexity index is 909. The Balaban J connectivity index is 1.99. The molecular formula is C21H20N2O4. The molecule has 138 valence electrons. The normalized spacial score (nSPS) is 10.7. The number of esters is 1. The molecule has 0 aliphatic carbocycles. The maximum absolute atomic E-state index is 12.1. The molecule has 2 aromatic carbocycles. The zero-order valence-electron chi connectivity index (χ0n) is 15.4. The minimum atomic E-state index is -0.857. The predicted octanol–water partition coefficient (Wildman–Crippen LogP) is 3.40. The Morgan fingerprint density at radius 2 is 1.78 bits per heavy atom. The highest BCUT2D eigenvalue weighted by Gasteiger charge is 2.14. The molecule has 0 bridgehead atoms. The van der Waals surface area contributed by atoms with Crippen LogP contribution in [-0.2, 0) is 14.3 Å². The summed E-state index contributed by atoms with van der Waals surface area (Å²) < 4.78 is 10.1. The SMILES string of the molecule is COc1ccc(C)cc1NC(=O)COC(=O)/C(C#N)=C/c1ccc(C)cc1. The van der Waals surface area contributed by atoms with E-state index in [1.165, 1.54) is 13.2 Å². The van der Waals surface area contributed by atoms with E-state index in [1.807, 2.05) is 32.0 Å². The Morgan fingerprint density at radius 3 is 2.41 bits per heavy atom. The number of amides is 1. The van der Waals surface area contributed by atoms with Gasteiger partial charge in [-0.15, -0.1) is 0 Å². The highest BCUT2D eigenvalue weighted by atomic mass is 16.5. The van der Waals surface area contributed by atoms with Gasteiger partial charge in [0.25, 0.3) is 5.91 Å². The molecule has 1 amide bonds. The van der Waals surface area contributed by atoms with Crippen LogP contribution < -0.4 is 10.1 Å². The minimum Gasteiger partial charge on any atom is -0.495 e. The molecule has 0 unspecified atom stereocenters. The number of hydrogen-bond donors (Lipinski definition) is 1. The molecule has 0 spiro atoms. The largest absolute Gasteiger partial charge is 0.495 e. The lowest BCUT2D eigenvalue weighted by Gasteiger charge is -2.11. The molecule has 1 N–H and O–H groups in total. The van der Waals surface area contributed by atoms with Crippen LogP contribution in [0.3, 0.4) is 0 Å². The number of nitrogens with one attached hydrogen (secondary N) is 1. The predicted molar refractivity (Wildman–Crippen MR) is 102 cm³/mol. The molecular weight excluding hydrogens is 344 g/mol. The topological polar surface area (TPSA) is 88.4 Å². The minimum absolute atomic E-state index is 0.181. The van der Waals surface area contributed by atoms with Crippen molar-refractivity contribution in [2.45, 2.75) is 13.8 Å². The van der Waals surface area contributed by atoms with E-state index in [0.29, 0.717) is 17.0 Å². The molecule has 0 aromatic heterocycles. The molecule has 0 fully saturated rings. The van der Waals surface area contributed by atoms with Crippen LogP contribution in [0.15, 0.2) is 48.0 Å². The van der Waals surface area contributed by atoms with E-state index in [0.717, 1.165) is 11.1 Å². The standard InChI is InChI=1S/C21H20N2O4/c1-14-4-7-16(8-5-14)11-17(12-22)21(25)27-13-20(24)23-18-10-15(2)6-9-19(18)26-3/h4-11H,13H2,1-3H3,(H,23,24)/b17-11+. The highest BCUT2D eigenvalue weighted by Crippen LogP contribution is 2.25. The van der Waals surface area contributed by atoms with Gasteiger partial charge in [-0.1, -0.05) is 35.9 Å². The summed E-state index contributed by atoms with van der Waals surface area (Å²) in [6.45, 7) is 3.31. The lowest BCUT2D eigenvalue weighted by atomic mass is 10.1. The van der Waals surface area contributed by atoms with E-state index in [-0.39, 0.29) is 5.57 Å². The summed E-state index contributed by atoms with van der Waals surface area (Å²) in [7, 11) is 1.50. The average Bonchev–Trinajstić information content (AvgIpc) is 2.66. The molecule has 2 rings (SSSR count). The van der Waals surface area contributed by atoms with Gasteiger partial charge in [-0.05, 0) is 43.2 Å². The molecule has 27 heavy (non-hydrogen) atoms. The number of ether oxygens (including phenoxy) is 2. The summed E-state index contributed by atoms with van der Waals surface area (Å²) in [5, 5.41) is 11.8. The first-order valence-corrected chi connectivity index (χ1v) is 8.23. The summed E-state index contributed by atoms with van der Waals surface area (Å²) in [5.74, 6) is -0.887. The van der Waals surface area contributed by atoms with Crippen molar-refractivity contribution in [2.24, 2.45) is 0 Å². The molecule has 6 heteroatoms. The van der Waals surface area contributed by atoms with Crippen LogP contribution in [0.25, 0.3) is 6.08 Å². The molecule has 0 heterocycles. The second kappa shape index (κ2) is 9.20. The van der Waals surface area contributed by atoms with E-state index >= 15 is 0 Å². The molecule has 0 saturated carbocycles. The third-order valence-electron chi connectivity index (χ3n) is 3.69. The summed E-state index contributed by atoms with van der Waals surface area (Å²) in [5.41, 5.74) is 3.00. The van der Waals surface area contributed by atoms with Crippen LogP contribution >= 0.6 is 0 Å². The number of aryl methyl sites for hydroxylation is 2. The molecule has 0 saturated heterocycles. The molecule has 0 aliphatic heterocycles. The zero-order chi connectivity index (χ0) is 19.8. The first-order valence-electron chi connectivity index (χ1n) is 8.23. The van der Waals surface area contributed by atoms with Gasteiger partial charge in [-0.2, -0.15) is 5.26 Å². The molecule has 0 aliphatic rings. The van der Waals surface area contributed by atoms with E-state index in [2.05, 4.69) is 5.32 Å². The summed E-state index contributed by atoms with van der Waals surface area (Å²) >= 11 is 0. The van der Waals surface area contributed by atoms with Gasteiger partial charge in [0, 0.05) is 0 Å². The van der Waals surface area contributed by atoms with Crippen molar-refractivity contribution in [3.05, 3.63) is 64.7 Å². The second-order valence-corrected chi connectivity index (χ2v) is 5.91. The van der Waals surface area contributed by atoms with E-state index in [4.69, 9.17) is 9.47 Å². The van der Waals surface area contributed by atoms with Gasteiger partial charge in [-0.3, -0.25) is 4.79 Å². The van der Waals surface area contributed by atoms with Gasteiger partial charge in [0.2, 0.25) is 0 Å². The number of nitriles is 1. The Hall–Kier alpha value is -3.59. The van der Waals surface area contributed by atoms with Gasteiger partial charge in [0.1, 0.15) is 17.4 Å². The van der Waals surface area contributed by atoms with Crippen LogP contribution in [0.1, 0.15) is 16.7 Å². The van der Waals surface area contributed by atoms with Crippen molar-refractivity contribution in [1.29, 1.82) is 5.26 Å². The number of hydrogen-bond acceptors (Lipinski definition) is 5. The maximum atomic E-state index is 12.1. The third kappa shape index (κ3) is 5.72. The number of benzene rings is 2. The van der Waals surface area contributed by atoms with Gasteiger partial charge in [0.15, 0.2) is 6.61 Å². The van der Waals surface area contributed by atoms with Gasteiger partial charge in [0.05, 0.1) is 12.8 Å². The maximum Gasteiger partial charge on any atom is 0.349 e. The van der Waals surface area contributed by atoms with Gasteiger partial charge >= 0.3 is 5.97 Å². The van der Waals surface area contributed by atoms with Crippen LogP contribution in [0.5, 0.6) is 5.75 Å². The first-order chi connectivity index (χ1) is 12.9. The van der Waals surface area contributed by atoms with E-state index in [1.54, 1.807) is 30.3 Å². The number of carbonyl (C=O) groups excluding carboxylic acids is 2. The van der Waals surface area contributed by atoms with Gasteiger partial charge in [-0.25, -0.2) is 4.79 Å². The molecule has 6 nitrogen and oxygen atoms in total. The van der Waals surface area contributed by atoms with Crippen molar-refractivity contribution < 1.29 is 19.1 Å². The fourth-order valence-corrected chi connectivity index (χ4v) is 2.28. The number of carbonyl (C=O) groups is 2. The smallest absolute Gasteiger partial charge is 0.349 e. The Morgan fingerprint density at radius 1 is 1.11 bits per heavy atom. The lowest BCUT2D eigenvalue weighted by molar-refractivity contribution is -0.142. The van der Waals surface area contributed by atoms with Crippen molar-refractivity contribution in [1.82, 2.24) is 0 Å². The zero-order valence-corrected chi connectivity index (χ0v) is 15.4. The monoisotopic (exact) mass is 364 g/mol. The average molecular weight is 364 g/mol. The fraction of sp³-hybridized carbons (Fsp3) is 0.190. The number of anilines is 1. The Labute approximate surface area is 158 Å². The number of methoxy groups -OCH3 is 1. The number of rotatable bonds is 6. The highest BCUT2D eigenvalue weighted by molar-refractivity contribution is 6.00. The van der Waals surface area contributed by atoms with Crippen LogP contribution in [0.4, 0.5) is 5.69 Å². The van der Waals surface area contributed by atoms with E-state index < -0.39 is 18.5 Å². The van der Waals surface area contributed by atoms with Gasteiger partial charge < -0.3 is 14.8 Å². The molecule has 0 atom stereocenters. The first kappa shape index (κ1) is 19.7. The fourth-order valence-electron chi connectivity index (χ4n) is 2.28. The van der Waals surface area contributed by atoms with Crippen LogP contribution in [0.2, 0.25) is 0 Å². The van der Waals surface area contributed by atoms with Crippen molar-refractivity contribution in [3.63, 3.8) is 0 Å². The molecule has 2 aromatic rings. The van der Waals surface area contributed by atoms with Crippen LogP contribution in [-0.4, -0.2) is 25.6 Å². The third-order valence-corrected chi connectivity index (χ3v) is 3.69. The second-order valence-electron chi connectivity index (χ2n) is 5.91.